The molecule has 0 spiro atoms. The highest BCUT2D eigenvalue weighted by molar-refractivity contribution is 5.04. The summed E-state index contributed by atoms with van der Waals surface area (Å²) in [5.74, 6) is 0.189. The first-order chi connectivity index (χ1) is 7.84. The standard InChI is InChI=1S/C14H24N2O/c1-13(2)8-12(14(3,4)17-13)16-11-7-5-6-10(11)9-15/h10-12,16H,5-8H2,1-4H3. The molecule has 96 valence electrons. The van der Waals surface area contributed by atoms with E-state index < -0.39 is 0 Å². The van der Waals surface area contributed by atoms with Crippen LogP contribution in [0, 0.1) is 17.2 Å². The Hall–Kier alpha value is -0.590. The third-order valence-corrected chi connectivity index (χ3v) is 4.17. The number of hydrogen-bond donors (Lipinski definition) is 1. The summed E-state index contributed by atoms with van der Waals surface area (Å²) in [6.45, 7) is 8.59. The van der Waals surface area contributed by atoms with Gasteiger partial charge in [0.25, 0.3) is 0 Å². The fourth-order valence-corrected chi connectivity index (χ4v) is 3.39. The highest BCUT2D eigenvalue weighted by atomic mass is 16.5. The Morgan fingerprint density at radius 3 is 2.47 bits per heavy atom. The van der Waals surface area contributed by atoms with E-state index in [-0.39, 0.29) is 17.1 Å². The van der Waals surface area contributed by atoms with Crippen LogP contribution in [0.3, 0.4) is 0 Å². The van der Waals surface area contributed by atoms with Crippen LogP contribution in [0.25, 0.3) is 0 Å². The molecule has 0 bridgehead atoms. The number of hydrogen-bond acceptors (Lipinski definition) is 3. The summed E-state index contributed by atoms with van der Waals surface area (Å²) in [6.07, 6.45) is 4.37. The molecule has 1 saturated heterocycles. The number of nitriles is 1. The smallest absolute Gasteiger partial charge is 0.0787 e. The summed E-state index contributed by atoms with van der Waals surface area (Å²) < 4.78 is 6.08. The van der Waals surface area contributed by atoms with Crippen LogP contribution in [0.5, 0.6) is 0 Å². The van der Waals surface area contributed by atoms with Gasteiger partial charge in [0.15, 0.2) is 0 Å². The maximum Gasteiger partial charge on any atom is 0.0787 e. The minimum absolute atomic E-state index is 0.0537. The molecule has 1 aliphatic heterocycles. The van der Waals surface area contributed by atoms with Crippen LogP contribution in [-0.4, -0.2) is 23.3 Å². The van der Waals surface area contributed by atoms with Crippen molar-refractivity contribution in [1.29, 1.82) is 5.26 Å². The topological polar surface area (TPSA) is 45.0 Å². The SMILES string of the molecule is CC1(C)CC(NC2CCCC2C#N)C(C)(C)O1. The van der Waals surface area contributed by atoms with E-state index in [1.807, 2.05) is 0 Å². The van der Waals surface area contributed by atoms with Gasteiger partial charge in [-0.2, -0.15) is 5.26 Å². The van der Waals surface area contributed by atoms with Gasteiger partial charge in [0.1, 0.15) is 0 Å². The zero-order chi connectivity index (χ0) is 12.7. The molecule has 3 atom stereocenters. The molecular formula is C14H24N2O. The molecular weight excluding hydrogens is 212 g/mol. The Morgan fingerprint density at radius 2 is 1.94 bits per heavy atom. The molecule has 2 fully saturated rings. The lowest BCUT2D eigenvalue weighted by atomic mass is 9.92. The van der Waals surface area contributed by atoms with Crippen LogP contribution < -0.4 is 5.32 Å². The van der Waals surface area contributed by atoms with E-state index in [4.69, 9.17) is 10.00 Å². The van der Waals surface area contributed by atoms with Crippen LogP contribution in [-0.2, 0) is 4.74 Å². The molecule has 3 nitrogen and oxygen atoms in total. The minimum atomic E-state index is -0.133. The molecule has 3 unspecified atom stereocenters. The van der Waals surface area contributed by atoms with E-state index in [2.05, 4.69) is 39.1 Å². The van der Waals surface area contributed by atoms with Crippen LogP contribution in [0.1, 0.15) is 53.4 Å². The van der Waals surface area contributed by atoms with Crippen LogP contribution >= 0.6 is 0 Å². The van der Waals surface area contributed by atoms with Crippen molar-refractivity contribution < 1.29 is 4.74 Å². The highest BCUT2D eigenvalue weighted by Gasteiger charge is 2.47. The van der Waals surface area contributed by atoms with Crippen LogP contribution in [0.4, 0.5) is 0 Å². The average molecular weight is 236 g/mol. The Morgan fingerprint density at radius 1 is 1.24 bits per heavy atom. The molecule has 0 aromatic carbocycles. The fraction of sp³-hybridized carbons (Fsp3) is 0.929. The Labute approximate surface area is 105 Å². The van der Waals surface area contributed by atoms with Crippen molar-refractivity contribution in [2.45, 2.75) is 76.7 Å². The largest absolute Gasteiger partial charge is 0.368 e. The van der Waals surface area contributed by atoms with E-state index in [1.54, 1.807) is 0 Å². The number of rotatable bonds is 2. The molecule has 0 aromatic heterocycles. The molecule has 0 aromatic rings. The van der Waals surface area contributed by atoms with Crippen LogP contribution in [0.2, 0.25) is 0 Å². The predicted octanol–water partition coefficient (Wildman–Crippen LogP) is 2.61. The second kappa shape index (κ2) is 4.26. The molecule has 2 aliphatic rings. The molecule has 1 N–H and O–H groups in total. The molecule has 1 heterocycles. The van der Waals surface area contributed by atoms with Gasteiger partial charge in [-0.15, -0.1) is 0 Å². The summed E-state index contributed by atoms with van der Waals surface area (Å²) in [4.78, 5) is 0. The monoisotopic (exact) mass is 236 g/mol. The van der Waals surface area contributed by atoms with Crippen molar-refractivity contribution in [3.8, 4) is 6.07 Å². The summed E-state index contributed by atoms with van der Waals surface area (Å²) in [5.41, 5.74) is -0.187. The lowest BCUT2D eigenvalue weighted by Gasteiger charge is -2.30. The molecule has 3 heteroatoms. The number of nitrogens with zero attached hydrogens (tertiary/aromatic N) is 1. The fourth-order valence-electron chi connectivity index (χ4n) is 3.39. The van der Waals surface area contributed by atoms with Gasteiger partial charge in [-0.05, 0) is 47.0 Å². The lowest BCUT2D eigenvalue weighted by Crippen LogP contribution is -2.48. The zero-order valence-electron chi connectivity index (χ0n) is 11.4. The summed E-state index contributed by atoms with van der Waals surface area (Å²) in [7, 11) is 0. The first kappa shape index (κ1) is 12.9. The van der Waals surface area contributed by atoms with Gasteiger partial charge in [0.2, 0.25) is 0 Å². The quantitative estimate of drug-likeness (QED) is 0.801. The van der Waals surface area contributed by atoms with Crippen molar-refractivity contribution in [3.63, 3.8) is 0 Å². The molecule has 0 amide bonds. The van der Waals surface area contributed by atoms with Gasteiger partial charge in [-0.3, -0.25) is 0 Å². The maximum absolute atomic E-state index is 9.12. The molecule has 1 aliphatic carbocycles. The molecule has 0 radical (unpaired) electrons. The van der Waals surface area contributed by atoms with E-state index in [1.165, 1.54) is 6.42 Å². The van der Waals surface area contributed by atoms with Crippen molar-refractivity contribution in [3.05, 3.63) is 0 Å². The van der Waals surface area contributed by atoms with Crippen molar-refractivity contribution >= 4 is 0 Å². The van der Waals surface area contributed by atoms with Gasteiger partial charge >= 0.3 is 0 Å². The van der Waals surface area contributed by atoms with Crippen molar-refractivity contribution in [2.75, 3.05) is 0 Å². The van der Waals surface area contributed by atoms with Gasteiger partial charge in [0.05, 0.1) is 23.2 Å². The maximum atomic E-state index is 9.12. The second-order valence-electron chi connectivity index (χ2n) is 6.66. The highest BCUT2D eigenvalue weighted by Crippen LogP contribution is 2.38. The first-order valence-electron chi connectivity index (χ1n) is 6.70. The van der Waals surface area contributed by atoms with Crippen molar-refractivity contribution in [2.24, 2.45) is 5.92 Å². The third kappa shape index (κ3) is 2.64. The number of nitrogens with one attached hydrogen (secondary N) is 1. The Kier molecular flexibility index (Phi) is 3.22. The normalized spacial score (nSPS) is 39.1. The van der Waals surface area contributed by atoms with E-state index in [0.717, 1.165) is 19.3 Å². The zero-order valence-corrected chi connectivity index (χ0v) is 11.4. The van der Waals surface area contributed by atoms with Gasteiger partial charge in [-0.1, -0.05) is 6.42 Å². The first-order valence-corrected chi connectivity index (χ1v) is 6.70. The van der Waals surface area contributed by atoms with Crippen LogP contribution in [0.15, 0.2) is 0 Å². The minimum Gasteiger partial charge on any atom is -0.368 e. The Bertz CT molecular complexity index is 330. The Balaban J connectivity index is 2.02. The number of ether oxygens (including phenoxy) is 1. The molecule has 17 heavy (non-hydrogen) atoms. The van der Waals surface area contributed by atoms with E-state index >= 15 is 0 Å². The third-order valence-electron chi connectivity index (χ3n) is 4.17. The van der Waals surface area contributed by atoms with Gasteiger partial charge < -0.3 is 10.1 Å². The second-order valence-corrected chi connectivity index (χ2v) is 6.66. The summed E-state index contributed by atoms with van der Waals surface area (Å²) in [5, 5.41) is 12.8. The van der Waals surface area contributed by atoms with Crippen molar-refractivity contribution in [1.82, 2.24) is 5.32 Å². The van der Waals surface area contributed by atoms with Gasteiger partial charge in [0, 0.05) is 12.1 Å². The predicted molar refractivity (Wildman–Crippen MR) is 67.5 cm³/mol. The lowest BCUT2D eigenvalue weighted by molar-refractivity contribution is -0.0705. The van der Waals surface area contributed by atoms with Gasteiger partial charge in [-0.25, -0.2) is 0 Å². The molecule has 1 saturated carbocycles. The average Bonchev–Trinajstić information content (AvgIpc) is 2.69. The summed E-state index contributed by atoms with van der Waals surface area (Å²) in [6, 6.07) is 3.15. The van der Waals surface area contributed by atoms with E-state index in [9.17, 15) is 0 Å². The summed E-state index contributed by atoms with van der Waals surface area (Å²) >= 11 is 0. The van der Waals surface area contributed by atoms with E-state index in [0.29, 0.717) is 12.1 Å². The molecule has 2 rings (SSSR count).